The molecule has 1 aliphatic heterocycles. The van der Waals surface area contributed by atoms with E-state index in [9.17, 15) is 18.0 Å². The number of fused-ring (bicyclic) bond motifs is 1. The van der Waals surface area contributed by atoms with Crippen LogP contribution in [0.3, 0.4) is 0 Å². The van der Waals surface area contributed by atoms with Crippen LogP contribution in [-0.4, -0.2) is 45.7 Å². The molecule has 8 nitrogen and oxygen atoms in total. The van der Waals surface area contributed by atoms with E-state index < -0.39 is 15.7 Å². The van der Waals surface area contributed by atoms with Gasteiger partial charge in [-0.3, -0.25) is 9.59 Å². The molecular formula is C25H29BrN2O6S. The van der Waals surface area contributed by atoms with Crippen molar-refractivity contribution < 1.29 is 27.5 Å². The van der Waals surface area contributed by atoms with Gasteiger partial charge in [0, 0.05) is 35.1 Å². The second-order valence-electron chi connectivity index (χ2n) is 8.57. The van der Waals surface area contributed by atoms with Crippen LogP contribution in [-0.2, 0) is 25.8 Å². The highest BCUT2D eigenvalue weighted by molar-refractivity contribution is 9.10. The molecule has 0 radical (unpaired) electrons. The lowest BCUT2D eigenvalue weighted by Gasteiger charge is -2.18. The van der Waals surface area contributed by atoms with Gasteiger partial charge in [0.1, 0.15) is 11.5 Å². The van der Waals surface area contributed by atoms with Crippen LogP contribution in [0.25, 0.3) is 0 Å². The van der Waals surface area contributed by atoms with E-state index in [1.165, 1.54) is 0 Å². The number of rotatable bonds is 10. The number of carbonyl (C=O) groups is 2. The van der Waals surface area contributed by atoms with Crippen molar-refractivity contribution in [1.29, 1.82) is 0 Å². The SMILES string of the molecule is CCOc1ccc(OCC)c(NC(=O)CCS(=O)(=O)c2cc3c(cc2Br)CCN3C(=O)C2CC2)c1. The maximum Gasteiger partial charge on any atom is 0.230 e. The normalized spacial score (nSPS) is 15.0. The first-order valence-electron chi connectivity index (χ1n) is 11.8. The first-order chi connectivity index (χ1) is 16.7. The molecule has 10 heteroatoms. The van der Waals surface area contributed by atoms with Crippen LogP contribution in [0, 0.1) is 5.92 Å². The third-order valence-corrected chi connectivity index (χ3v) is 8.66. The van der Waals surface area contributed by atoms with Crippen molar-refractivity contribution in [3.05, 3.63) is 40.4 Å². The molecule has 4 rings (SSSR count). The van der Waals surface area contributed by atoms with Gasteiger partial charge in [-0.2, -0.15) is 0 Å². The lowest BCUT2D eigenvalue weighted by molar-refractivity contribution is -0.119. The Morgan fingerprint density at radius 3 is 2.54 bits per heavy atom. The number of sulfone groups is 1. The van der Waals surface area contributed by atoms with Crippen molar-refractivity contribution in [1.82, 2.24) is 0 Å². The van der Waals surface area contributed by atoms with Crippen molar-refractivity contribution in [3.63, 3.8) is 0 Å². The summed E-state index contributed by atoms with van der Waals surface area (Å²) in [5.41, 5.74) is 2.02. The molecule has 1 aliphatic carbocycles. The smallest absolute Gasteiger partial charge is 0.230 e. The molecule has 1 fully saturated rings. The Morgan fingerprint density at radius 1 is 1.11 bits per heavy atom. The zero-order valence-corrected chi connectivity index (χ0v) is 22.2. The van der Waals surface area contributed by atoms with Gasteiger partial charge in [0.2, 0.25) is 11.8 Å². The van der Waals surface area contributed by atoms with Crippen LogP contribution in [0.15, 0.2) is 39.7 Å². The molecule has 2 amide bonds. The van der Waals surface area contributed by atoms with E-state index in [1.807, 2.05) is 13.8 Å². The van der Waals surface area contributed by atoms with Crippen LogP contribution in [0.1, 0.15) is 38.7 Å². The molecule has 188 valence electrons. The lowest BCUT2D eigenvalue weighted by atomic mass is 10.2. The zero-order valence-electron chi connectivity index (χ0n) is 19.8. The molecular weight excluding hydrogens is 536 g/mol. The molecule has 2 aliphatic rings. The highest BCUT2D eigenvalue weighted by Crippen LogP contribution is 2.40. The fourth-order valence-corrected chi connectivity index (χ4v) is 6.55. The molecule has 0 atom stereocenters. The number of amides is 2. The quantitative estimate of drug-likeness (QED) is 0.460. The molecule has 1 heterocycles. The number of ether oxygens (including phenoxy) is 2. The van der Waals surface area contributed by atoms with Crippen molar-refractivity contribution in [2.24, 2.45) is 5.92 Å². The topological polar surface area (TPSA) is 102 Å². The number of anilines is 2. The second-order valence-corrected chi connectivity index (χ2v) is 11.5. The van der Waals surface area contributed by atoms with Gasteiger partial charge < -0.3 is 19.7 Å². The predicted octanol–water partition coefficient (Wildman–Crippen LogP) is 4.35. The van der Waals surface area contributed by atoms with Gasteiger partial charge in [-0.05, 0) is 78.9 Å². The summed E-state index contributed by atoms with van der Waals surface area (Å²) in [7, 11) is -3.79. The Balaban J connectivity index is 1.48. The number of hydrogen-bond donors (Lipinski definition) is 1. The predicted molar refractivity (Wildman–Crippen MR) is 137 cm³/mol. The minimum Gasteiger partial charge on any atom is -0.494 e. The third-order valence-electron chi connectivity index (χ3n) is 5.99. The Morgan fingerprint density at radius 2 is 1.86 bits per heavy atom. The molecule has 2 aromatic carbocycles. The summed E-state index contributed by atoms with van der Waals surface area (Å²) < 4.78 is 37.9. The van der Waals surface area contributed by atoms with Crippen molar-refractivity contribution in [2.45, 2.75) is 44.4 Å². The molecule has 1 saturated carbocycles. The van der Waals surface area contributed by atoms with Gasteiger partial charge in [0.25, 0.3) is 0 Å². The number of carbonyl (C=O) groups excluding carboxylic acids is 2. The highest BCUT2D eigenvalue weighted by Gasteiger charge is 2.37. The number of nitrogens with one attached hydrogen (secondary N) is 1. The van der Waals surface area contributed by atoms with E-state index in [1.54, 1.807) is 35.2 Å². The molecule has 0 saturated heterocycles. The Bertz CT molecular complexity index is 1240. The van der Waals surface area contributed by atoms with Crippen molar-refractivity contribution >= 4 is 49.0 Å². The molecule has 0 bridgehead atoms. The molecule has 1 N–H and O–H groups in total. The van der Waals surface area contributed by atoms with Crippen LogP contribution in [0.5, 0.6) is 11.5 Å². The lowest BCUT2D eigenvalue weighted by Crippen LogP contribution is -2.30. The fraction of sp³-hybridized carbons (Fsp3) is 0.440. The summed E-state index contributed by atoms with van der Waals surface area (Å²) in [6, 6.07) is 8.45. The van der Waals surface area contributed by atoms with Crippen molar-refractivity contribution in [3.8, 4) is 11.5 Å². The average molecular weight is 565 g/mol. The molecule has 0 spiro atoms. The van der Waals surface area contributed by atoms with E-state index in [0.717, 1.165) is 18.4 Å². The summed E-state index contributed by atoms with van der Waals surface area (Å²) in [6.07, 6.45) is 2.24. The van der Waals surface area contributed by atoms with Crippen LogP contribution < -0.4 is 19.7 Å². The second kappa shape index (κ2) is 10.6. The minimum absolute atomic E-state index is 0.0520. The number of hydrogen-bond acceptors (Lipinski definition) is 6. The summed E-state index contributed by atoms with van der Waals surface area (Å²) in [6.45, 7) is 5.14. The van der Waals surface area contributed by atoms with Gasteiger partial charge >= 0.3 is 0 Å². The van der Waals surface area contributed by atoms with E-state index in [-0.39, 0.29) is 28.9 Å². The number of benzene rings is 2. The van der Waals surface area contributed by atoms with Crippen LogP contribution in [0.2, 0.25) is 0 Å². The maximum atomic E-state index is 13.2. The van der Waals surface area contributed by atoms with E-state index in [0.29, 0.717) is 53.5 Å². The molecule has 35 heavy (non-hydrogen) atoms. The molecule has 0 unspecified atom stereocenters. The third kappa shape index (κ3) is 5.81. The Labute approximate surface area is 214 Å². The largest absolute Gasteiger partial charge is 0.494 e. The first-order valence-corrected chi connectivity index (χ1v) is 14.2. The highest BCUT2D eigenvalue weighted by atomic mass is 79.9. The summed E-state index contributed by atoms with van der Waals surface area (Å²) in [5, 5.41) is 2.74. The summed E-state index contributed by atoms with van der Waals surface area (Å²) in [5.74, 6) is 0.345. The monoisotopic (exact) mass is 564 g/mol. The fourth-order valence-electron chi connectivity index (χ4n) is 4.10. The number of halogens is 1. The first kappa shape index (κ1) is 25.5. The van der Waals surface area contributed by atoms with Gasteiger partial charge in [0.15, 0.2) is 9.84 Å². The van der Waals surface area contributed by atoms with Crippen LogP contribution in [0.4, 0.5) is 11.4 Å². The Hall–Kier alpha value is -2.59. The number of nitrogens with zero attached hydrogens (tertiary/aromatic N) is 1. The Kier molecular flexibility index (Phi) is 7.70. The van der Waals surface area contributed by atoms with E-state index in [2.05, 4.69) is 21.2 Å². The molecule has 2 aromatic rings. The van der Waals surface area contributed by atoms with E-state index in [4.69, 9.17) is 9.47 Å². The molecule has 0 aromatic heterocycles. The van der Waals surface area contributed by atoms with Gasteiger partial charge in [-0.15, -0.1) is 0 Å². The van der Waals surface area contributed by atoms with Crippen LogP contribution >= 0.6 is 15.9 Å². The summed E-state index contributed by atoms with van der Waals surface area (Å²) in [4.78, 5) is 27.1. The van der Waals surface area contributed by atoms with Gasteiger partial charge in [0.05, 0.1) is 29.5 Å². The zero-order chi connectivity index (χ0) is 25.2. The average Bonchev–Trinajstić information content (AvgIpc) is 3.59. The standard InChI is InChI=1S/C25H29BrN2O6S/c1-3-33-18-7-8-22(34-4-2)20(14-18)27-24(29)10-12-35(31,32)23-15-21-17(13-19(23)26)9-11-28(21)25(30)16-5-6-16/h7-8,13-16H,3-6,9-12H2,1-2H3,(H,27,29). The van der Waals surface area contributed by atoms with E-state index >= 15 is 0 Å². The summed E-state index contributed by atoms with van der Waals surface area (Å²) >= 11 is 3.38. The van der Waals surface area contributed by atoms with Gasteiger partial charge in [-0.1, -0.05) is 0 Å². The minimum atomic E-state index is -3.79. The van der Waals surface area contributed by atoms with Crippen molar-refractivity contribution in [2.75, 3.05) is 35.7 Å². The van der Waals surface area contributed by atoms with Gasteiger partial charge in [-0.25, -0.2) is 8.42 Å². The maximum absolute atomic E-state index is 13.2.